The molecule has 2 aromatic carbocycles. The first-order chi connectivity index (χ1) is 14.8. The van der Waals surface area contributed by atoms with E-state index in [0.29, 0.717) is 20.9 Å². The molecule has 0 fully saturated rings. The lowest BCUT2D eigenvalue weighted by molar-refractivity contribution is -0.385. The van der Waals surface area contributed by atoms with Crippen LogP contribution in [-0.4, -0.2) is 35.5 Å². The Morgan fingerprint density at radius 3 is 1.32 bits per heavy atom. The zero-order valence-corrected chi connectivity index (χ0v) is 17.3. The first-order valence-electron chi connectivity index (χ1n) is 8.79. The minimum Gasteiger partial charge on any atom is -0.350 e. The molecule has 0 N–H and O–H groups in total. The summed E-state index contributed by atoms with van der Waals surface area (Å²) in [6.45, 7) is 0. The van der Waals surface area contributed by atoms with E-state index in [1.165, 1.54) is 24.3 Å². The second-order valence-electron chi connectivity index (χ2n) is 6.38. The van der Waals surface area contributed by atoms with Gasteiger partial charge in [0.15, 0.2) is 9.54 Å². The van der Waals surface area contributed by atoms with Gasteiger partial charge in [0.25, 0.3) is 11.4 Å². The van der Waals surface area contributed by atoms with Gasteiger partial charge >= 0.3 is 7.55 Å². The van der Waals surface area contributed by atoms with Crippen LogP contribution in [0.15, 0.2) is 73.3 Å². The van der Waals surface area contributed by atoms with Crippen LogP contribution in [0.1, 0.15) is 0 Å². The average molecular weight is 451 g/mol. The summed E-state index contributed by atoms with van der Waals surface area (Å²) in [7, 11) is 1.70. The molecule has 0 saturated heterocycles. The molecular weight excluding hydrogens is 439 g/mol. The summed E-state index contributed by atoms with van der Waals surface area (Å²) in [5.74, 6) is 0. The Labute approximate surface area is 185 Å². The van der Waals surface area contributed by atoms with Gasteiger partial charge in [-0.25, -0.2) is 0 Å². The van der Waals surface area contributed by atoms with Crippen molar-refractivity contribution in [3.05, 3.63) is 103 Å². The molecule has 0 aliphatic rings. The summed E-state index contributed by atoms with van der Waals surface area (Å²) < 4.78 is 7.69. The van der Waals surface area contributed by atoms with Crippen molar-refractivity contribution < 1.29 is 9.85 Å². The molecule has 0 aliphatic heterocycles. The van der Waals surface area contributed by atoms with Crippen LogP contribution in [0.2, 0.25) is 0 Å². The van der Waals surface area contributed by atoms with Crippen LogP contribution in [0.4, 0.5) is 11.4 Å². The number of nitro groups is 2. The Bertz CT molecular complexity index is 1290. The first kappa shape index (κ1) is 20.4. The minimum absolute atomic E-state index is 0.000140. The molecule has 4 aromatic rings. The molecule has 0 saturated carbocycles. The zero-order valence-electron chi connectivity index (χ0n) is 15.6. The maximum Gasteiger partial charge on any atom is 0.404 e. The summed E-state index contributed by atoms with van der Waals surface area (Å²) in [5, 5.41) is 21.7. The topological polar surface area (TPSA) is 106 Å². The van der Waals surface area contributed by atoms with E-state index in [9.17, 15) is 20.2 Å². The van der Waals surface area contributed by atoms with Gasteiger partial charge in [-0.1, -0.05) is 0 Å². The number of non-ortho nitro benzene ring substituents is 2. The van der Waals surface area contributed by atoms with Crippen LogP contribution in [0.25, 0.3) is 11.4 Å². The van der Waals surface area contributed by atoms with Gasteiger partial charge in [0.1, 0.15) is 0 Å². The molecule has 1 radical (unpaired) electrons. The number of hydrogen-bond acceptors (Lipinski definition) is 6. The van der Waals surface area contributed by atoms with Gasteiger partial charge < -0.3 is 8.96 Å². The summed E-state index contributed by atoms with van der Waals surface area (Å²) >= 11 is 11.0. The fourth-order valence-corrected chi connectivity index (χ4v) is 3.50. The third-order valence-corrected chi connectivity index (χ3v) is 5.35. The van der Waals surface area contributed by atoms with E-state index < -0.39 is 9.85 Å². The van der Waals surface area contributed by atoms with E-state index in [0.717, 1.165) is 0 Å². The molecule has 0 bridgehead atoms. The van der Waals surface area contributed by atoms with Gasteiger partial charge in [-0.2, -0.15) is 0 Å². The molecule has 13 heteroatoms. The second-order valence-corrected chi connectivity index (χ2v) is 7.11. The van der Waals surface area contributed by atoms with Gasteiger partial charge in [-0.05, 0) is 48.7 Å². The summed E-state index contributed by atoms with van der Waals surface area (Å²) in [4.78, 5) is 20.7. The molecule has 4 rings (SSSR count). The molecular formula is C18H12BN6O4S2. The Morgan fingerprint density at radius 1 is 0.645 bits per heavy atom. The lowest BCUT2D eigenvalue weighted by Crippen LogP contribution is -2.16. The van der Waals surface area contributed by atoms with Gasteiger partial charge in [0.05, 0.1) is 9.85 Å². The van der Waals surface area contributed by atoms with E-state index in [4.69, 9.17) is 24.4 Å². The molecule has 153 valence electrons. The van der Waals surface area contributed by atoms with Crippen molar-refractivity contribution in [2.45, 2.75) is 0 Å². The third kappa shape index (κ3) is 3.95. The number of benzene rings is 2. The highest BCUT2D eigenvalue weighted by Gasteiger charge is 2.11. The molecule has 10 nitrogen and oxygen atoms in total. The van der Waals surface area contributed by atoms with Gasteiger partial charge in [0.2, 0.25) is 0 Å². The molecule has 0 unspecified atom stereocenters. The predicted molar refractivity (Wildman–Crippen MR) is 119 cm³/mol. The average Bonchev–Trinajstić information content (AvgIpc) is 3.31. The highest BCUT2D eigenvalue weighted by Crippen LogP contribution is 2.17. The number of aromatic nitrogens is 4. The number of hydrogen-bond donors (Lipinski definition) is 0. The van der Waals surface area contributed by atoms with E-state index >= 15 is 0 Å². The van der Waals surface area contributed by atoms with Crippen molar-refractivity contribution in [2.75, 3.05) is 0 Å². The highest BCUT2D eigenvalue weighted by atomic mass is 32.1. The molecule has 2 heterocycles. The standard InChI is InChI=1S/C18H12BN6O4S2/c26-24(27)15-5-1-13(2-6-15)20-9-11-22(17(20)30)19-23-12-10-21(18(23)31)14-3-7-16(8-4-14)25(28)29/h1-12H. The van der Waals surface area contributed by atoms with Gasteiger partial charge in [-0.15, -0.1) is 0 Å². The SMILES string of the molecule is O=[N+]([O-])c1ccc(-n2ccn([B]n3ccn(-c4ccc([N+](=O)[O-])cc4)c3=S)c2=S)cc1. The monoisotopic (exact) mass is 451 g/mol. The van der Waals surface area contributed by atoms with Crippen molar-refractivity contribution in [3.8, 4) is 11.4 Å². The van der Waals surface area contributed by atoms with E-state index in [1.54, 1.807) is 74.7 Å². The highest BCUT2D eigenvalue weighted by molar-refractivity contribution is 7.71. The summed E-state index contributed by atoms with van der Waals surface area (Å²) in [6, 6.07) is 12.1. The molecule has 2 aromatic heterocycles. The van der Waals surface area contributed by atoms with Crippen molar-refractivity contribution >= 4 is 43.4 Å². The Kier molecular flexibility index (Phi) is 5.36. The van der Waals surface area contributed by atoms with Crippen molar-refractivity contribution in [3.63, 3.8) is 0 Å². The number of nitro benzene ring substituents is 2. The summed E-state index contributed by atoms with van der Waals surface area (Å²) in [6.07, 6.45) is 6.98. The molecule has 0 atom stereocenters. The lowest BCUT2D eigenvalue weighted by atomic mass is 10.2. The van der Waals surface area contributed by atoms with E-state index in [2.05, 4.69) is 0 Å². The van der Waals surface area contributed by atoms with Crippen LogP contribution in [0.3, 0.4) is 0 Å². The van der Waals surface area contributed by atoms with Gasteiger partial charge in [-0.3, -0.25) is 29.4 Å². The second kappa shape index (κ2) is 8.12. The Hall–Kier alpha value is -3.84. The van der Waals surface area contributed by atoms with Crippen molar-refractivity contribution in [2.24, 2.45) is 0 Å². The first-order valence-corrected chi connectivity index (χ1v) is 9.60. The van der Waals surface area contributed by atoms with Crippen LogP contribution in [-0.2, 0) is 0 Å². The van der Waals surface area contributed by atoms with E-state index in [-0.39, 0.29) is 11.4 Å². The normalized spacial score (nSPS) is 10.7. The Balaban J connectivity index is 1.59. The lowest BCUT2D eigenvalue weighted by Gasteiger charge is -2.05. The quantitative estimate of drug-likeness (QED) is 0.189. The minimum atomic E-state index is -0.459. The zero-order chi connectivity index (χ0) is 22.1. The summed E-state index contributed by atoms with van der Waals surface area (Å²) in [5.41, 5.74) is 1.38. The fourth-order valence-electron chi connectivity index (χ4n) is 2.95. The number of nitrogens with zero attached hydrogens (tertiary/aromatic N) is 6. The van der Waals surface area contributed by atoms with Crippen LogP contribution >= 0.6 is 24.4 Å². The van der Waals surface area contributed by atoms with Crippen LogP contribution in [0, 0.1) is 29.8 Å². The maximum atomic E-state index is 10.8. The van der Waals surface area contributed by atoms with Crippen molar-refractivity contribution in [1.29, 1.82) is 0 Å². The molecule has 31 heavy (non-hydrogen) atoms. The van der Waals surface area contributed by atoms with Crippen molar-refractivity contribution in [1.82, 2.24) is 18.1 Å². The van der Waals surface area contributed by atoms with Crippen LogP contribution in [0.5, 0.6) is 0 Å². The maximum absolute atomic E-state index is 10.8. The van der Waals surface area contributed by atoms with Crippen LogP contribution < -0.4 is 0 Å². The largest absolute Gasteiger partial charge is 0.404 e. The van der Waals surface area contributed by atoms with E-state index in [1.807, 2.05) is 0 Å². The number of rotatable bonds is 6. The molecule has 0 aliphatic carbocycles. The smallest absolute Gasteiger partial charge is 0.350 e. The Morgan fingerprint density at radius 2 is 1.00 bits per heavy atom. The predicted octanol–water partition coefficient (Wildman–Crippen LogP) is 4.08. The van der Waals surface area contributed by atoms with Gasteiger partial charge in [0, 0.05) is 60.4 Å². The third-order valence-electron chi connectivity index (χ3n) is 4.53. The fraction of sp³-hybridized carbons (Fsp3) is 0. The molecule has 0 spiro atoms. The molecule has 0 amide bonds. The number of imidazole rings is 2.